The molecule has 1 heterocycles. The smallest absolute Gasteiger partial charge is 0.243 e. The lowest BCUT2D eigenvalue weighted by Gasteiger charge is -2.31. The highest BCUT2D eigenvalue weighted by molar-refractivity contribution is 6.04. The van der Waals surface area contributed by atoms with E-state index < -0.39 is 42.4 Å². The van der Waals surface area contributed by atoms with Crippen molar-refractivity contribution in [2.24, 2.45) is 17.1 Å². The van der Waals surface area contributed by atoms with E-state index in [1.54, 1.807) is 24.3 Å². The van der Waals surface area contributed by atoms with E-state index in [-0.39, 0.29) is 55.0 Å². The maximum Gasteiger partial charge on any atom is 0.243 e. The normalized spacial score (nSPS) is 15.5. The van der Waals surface area contributed by atoms with Crippen LogP contribution in [-0.4, -0.2) is 96.4 Å². The summed E-state index contributed by atoms with van der Waals surface area (Å²) in [6, 6.07) is 8.01. The van der Waals surface area contributed by atoms with Crippen LogP contribution in [0.1, 0.15) is 97.0 Å². The maximum atomic E-state index is 13.0. The van der Waals surface area contributed by atoms with Crippen LogP contribution in [0.25, 0.3) is 0 Å². The molecule has 8 N–H and O–H groups in total. The Bertz CT molecular complexity index is 1340. The van der Waals surface area contributed by atoms with Crippen LogP contribution < -0.4 is 32.3 Å². The third-order valence-electron chi connectivity index (χ3n) is 9.78. The van der Waals surface area contributed by atoms with Crippen molar-refractivity contribution in [1.29, 1.82) is 0 Å². The Morgan fingerprint density at radius 3 is 2.19 bits per heavy atom. The standard InChI is InChI=1S/C37H59N7O8/c1-4-37(3,5-2)27-22-34(50)44(36(27)52)20-14-8-12-18-30(46)40-23-32(48)41-25-33(49)43-28(21-26-15-9-6-10-16-26)35(51)42-24-31(47)39-19-13-7-11-17-29(38)45/h6,9-10,15-16,27-28,30,40,46H,4-5,7-8,11-14,17-25H2,1-3H3,(H2,38,45)(H,39,47)(H,41,48)(H,42,51)(H,43,49). The number of likely N-dealkylation sites (tertiary alicyclic amines) is 1. The molecule has 1 aliphatic heterocycles. The Morgan fingerprint density at radius 2 is 1.52 bits per heavy atom. The molecule has 0 spiro atoms. The van der Waals surface area contributed by atoms with Gasteiger partial charge >= 0.3 is 0 Å². The van der Waals surface area contributed by atoms with Gasteiger partial charge in [-0.3, -0.25) is 43.8 Å². The Kier molecular flexibility index (Phi) is 19.6. The number of nitrogens with two attached hydrogens (primary N) is 1. The van der Waals surface area contributed by atoms with Crippen molar-refractivity contribution < 1.29 is 38.7 Å². The highest BCUT2D eigenvalue weighted by Gasteiger charge is 2.46. The van der Waals surface area contributed by atoms with Gasteiger partial charge in [-0.2, -0.15) is 0 Å². The number of hydrogen-bond acceptors (Lipinski definition) is 9. The number of nitrogens with zero attached hydrogens (tertiary/aromatic N) is 1. The highest BCUT2D eigenvalue weighted by atomic mass is 16.3. The number of primary amides is 1. The van der Waals surface area contributed by atoms with Gasteiger partial charge in [0.25, 0.3) is 0 Å². The highest BCUT2D eigenvalue weighted by Crippen LogP contribution is 2.41. The van der Waals surface area contributed by atoms with Gasteiger partial charge in [0, 0.05) is 32.4 Å². The number of aliphatic hydroxyl groups is 1. The van der Waals surface area contributed by atoms with Crippen molar-refractivity contribution in [2.45, 2.75) is 110 Å². The topological polar surface area (TPSA) is 229 Å². The van der Waals surface area contributed by atoms with E-state index in [1.165, 1.54) is 4.90 Å². The lowest BCUT2D eigenvalue weighted by molar-refractivity contribution is -0.141. The van der Waals surface area contributed by atoms with Gasteiger partial charge < -0.3 is 32.1 Å². The first kappa shape index (κ1) is 43.8. The molecule has 52 heavy (non-hydrogen) atoms. The number of amides is 7. The summed E-state index contributed by atoms with van der Waals surface area (Å²) in [5.41, 5.74) is 5.71. The number of aliphatic hydroxyl groups excluding tert-OH is 1. The summed E-state index contributed by atoms with van der Waals surface area (Å²) >= 11 is 0. The summed E-state index contributed by atoms with van der Waals surface area (Å²) in [6.45, 7) is 5.96. The van der Waals surface area contributed by atoms with E-state index >= 15 is 0 Å². The van der Waals surface area contributed by atoms with Gasteiger partial charge in [0.2, 0.25) is 41.4 Å². The van der Waals surface area contributed by atoms with E-state index in [4.69, 9.17) is 5.73 Å². The minimum Gasteiger partial charge on any atom is -0.379 e. The maximum absolute atomic E-state index is 13.0. The molecule has 1 aromatic carbocycles. The molecule has 1 aromatic rings. The lowest BCUT2D eigenvalue weighted by atomic mass is 9.72. The molecule has 1 fully saturated rings. The van der Waals surface area contributed by atoms with Gasteiger partial charge in [-0.25, -0.2) is 0 Å². The first-order chi connectivity index (χ1) is 24.8. The number of benzene rings is 1. The zero-order chi connectivity index (χ0) is 38.5. The number of nitrogens with one attached hydrogen (secondary N) is 5. The minimum atomic E-state index is -1.01. The van der Waals surface area contributed by atoms with Gasteiger partial charge in [-0.05, 0) is 55.9 Å². The molecule has 3 atom stereocenters. The second-order valence-corrected chi connectivity index (χ2v) is 13.7. The number of rotatable bonds is 26. The SMILES string of the molecule is CCC(C)(CC)C1CC(=O)N(CCCCCC(O)NCC(=O)NCC(=O)NC(Cc2ccccc2)C(=O)NCC(=O)NCCCCCC(N)=O)C1=O. The van der Waals surface area contributed by atoms with Crippen molar-refractivity contribution in [3.63, 3.8) is 0 Å². The summed E-state index contributed by atoms with van der Waals surface area (Å²) in [6.07, 6.45) is 5.71. The van der Waals surface area contributed by atoms with Gasteiger partial charge in [0.1, 0.15) is 12.3 Å². The molecular weight excluding hydrogens is 670 g/mol. The molecule has 0 saturated carbocycles. The fraction of sp³-hybridized carbons (Fsp3) is 0.649. The zero-order valence-electron chi connectivity index (χ0n) is 31.0. The first-order valence-corrected chi connectivity index (χ1v) is 18.5. The van der Waals surface area contributed by atoms with Gasteiger partial charge in [-0.15, -0.1) is 0 Å². The largest absolute Gasteiger partial charge is 0.379 e. The average Bonchev–Trinajstić information content (AvgIpc) is 3.42. The molecular formula is C37H59N7O8. The first-order valence-electron chi connectivity index (χ1n) is 18.5. The van der Waals surface area contributed by atoms with Crippen LogP contribution in [0, 0.1) is 11.3 Å². The Balaban J connectivity index is 1.69. The molecule has 2 rings (SSSR count). The van der Waals surface area contributed by atoms with Crippen LogP contribution in [-0.2, 0) is 40.0 Å². The van der Waals surface area contributed by atoms with Crippen LogP contribution >= 0.6 is 0 Å². The molecule has 1 aliphatic rings. The number of imide groups is 1. The van der Waals surface area contributed by atoms with Gasteiger partial charge in [0.05, 0.1) is 25.6 Å². The Labute approximate surface area is 307 Å². The molecule has 0 aromatic heterocycles. The molecule has 7 amide bonds. The summed E-state index contributed by atoms with van der Waals surface area (Å²) in [4.78, 5) is 87.9. The molecule has 0 radical (unpaired) electrons. The predicted octanol–water partition coefficient (Wildman–Crippen LogP) is 0.778. The van der Waals surface area contributed by atoms with Gasteiger partial charge in [0.15, 0.2) is 0 Å². The monoisotopic (exact) mass is 729 g/mol. The molecule has 0 bridgehead atoms. The zero-order valence-corrected chi connectivity index (χ0v) is 31.0. The molecule has 15 nitrogen and oxygen atoms in total. The molecule has 290 valence electrons. The van der Waals surface area contributed by atoms with E-state index in [1.807, 2.05) is 19.9 Å². The van der Waals surface area contributed by atoms with Crippen molar-refractivity contribution in [3.8, 4) is 0 Å². The summed E-state index contributed by atoms with van der Waals surface area (Å²) in [5.74, 6) is -2.96. The van der Waals surface area contributed by atoms with E-state index in [2.05, 4.69) is 33.5 Å². The Hall–Kier alpha value is -4.37. The van der Waals surface area contributed by atoms with Crippen molar-refractivity contribution in [3.05, 3.63) is 35.9 Å². The van der Waals surface area contributed by atoms with Crippen LogP contribution in [0.5, 0.6) is 0 Å². The lowest BCUT2D eigenvalue weighted by Crippen LogP contribution is -2.52. The fourth-order valence-corrected chi connectivity index (χ4v) is 6.03. The van der Waals surface area contributed by atoms with E-state index in [9.17, 15) is 38.7 Å². The third-order valence-corrected chi connectivity index (χ3v) is 9.78. The van der Waals surface area contributed by atoms with Crippen LogP contribution in [0.15, 0.2) is 30.3 Å². The summed E-state index contributed by atoms with van der Waals surface area (Å²) < 4.78 is 0. The van der Waals surface area contributed by atoms with E-state index in [0.29, 0.717) is 58.0 Å². The van der Waals surface area contributed by atoms with Crippen molar-refractivity contribution in [2.75, 3.05) is 32.7 Å². The van der Waals surface area contributed by atoms with Crippen molar-refractivity contribution >= 4 is 41.4 Å². The minimum absolute atomic E-state index is 0.0876. The number of hydrogen-bond donors (Lipinski definition) is 7. The predicted molar refractivity (Wildman–Crippen MR) is 195 cm³/mol. The van der Waals surface area contributed by atoms with Gasteiger partial charge in [-0.1, -0.05) is 63.9 Å². The molecule has 0 aliphatic carbocycles. The summed E-state index contributed by atoms with van der Waals surface area (Å²) in [7, 11) is 0. The van der Waals surface area contributed by atoms with Crippen LogP contribution in [0.3, 0.4) is 0 Å². The molecule has 3 unspecified atom stereocenters. The fourth-order valence-electron chi connectivity index (χ4n) is 6.03. The average molecular weight is 730 g/mol. The van der Waals surface area contributed by atoms with Crippen LogP contribution in [0.4, 0.5) is 0 Å². The quantitative estimate of drug-likeness (QED) is 0.0405. The Morgan fingerprint density at radius 1 is 0.865 bits per heavy atom. The molecule has 15 heteroatoms. The third kappa shape index (κ3) is 15.9. The summed E-state index contributed by atoms with van der Waals surface area (Å²) in [5, 5.41) is 23.3. The molecule has 1 saturated heterocycles. The number of unbranched alkanes of at least 4 members (excludes halogenated alkanes) is 4. The number of carbonyl (C=O) groups excluding carboxylic acids is 7. The second-order valence-electron chi connectivity index (χ2n) is 13.7. The van der Waals surface area contributed by atoms with Crippen LogP contribution in [0.2, 0.25) is 0 Å². The number of carbonyl (C=O) groups is 7. The van der Waals surface area contributed by atoms with E-state index in [0.717, 1.165) is 24.8 Å². The van der Waals surface area contributed by atoms with Crippen molar-refractivity contribution in [1.82, 2.24) is 31.5 Å². The second kappa shape index (κ2) is 23.2.